The topological polar surface area (TPSA) is 81.9 Å². The molecular formula is C25H24ClN5O2S2. The van der Waals surface area contributed by atoms with Crippen LogP contribution in [0.5, 0.6) is 5.75 Å². The van der Waals surface area contributed by atoms with Crippen molar-refractivity contribution in [1.82, 2.24) is 19.7 Å². The van der Waals surface area contributed by atoms with Gasteiger partial charge in [-0.05, 0) is 26.0 Å². The van der Waals surface area contributed by atoms with E-state index < -0.39 is 6.10 Å². The van der Waals surface area contributed by atoms with Crippen molar-refractivity contribution in [2.75, 3.05) is 11.1 Å². The van der Waals surface area contributed by atoms with Gasteiger partial charge in [-0.15, -0.1) is 28.1 Å². The molecule has 2 aromatic carbocycles. The normalized spacial score (nSPS) is 11.7. The second-order valence-electron chi connectivity index (χ2n) is 7.56. The van der Waals surface area contributed by atoms with E-state index in [9.17, 15) is 4.79 Å². The Bertz CT molecular complexity index is 1320. The summed E-state index contributed by atoms with van der Waals surface area (Å²) in [5.41, 5.74) is 1.90. The largest absolute Gasteiger partial charge is 0.481 e. The maximum absolute atomic E-state index is 12.6. The fourth-order valence-electron chi connectivity index (χ4n) is 3.39. The monoisotopic (exact) mass is 525 g/mol. The lowest BCUT2D eigenvalue weighted by Crippen LogP contribution is -2.15. The van der Waals surface area contributed by atoms with Crippen LogP contribution in [0.1, 0.15) is 23.7 Å². The van der Waals surface area contributed by atoms with E-state index in [2.05, 4.69) is 27.1 Å². The summed E-state index contributed by atoms with van der Waals surface area (Å²) in [6, 6.07) is 17.2. The number of aromatic nitrogens is 4. The summed E-state index contributed by atoms with van der Waals surface area (Å²) in [6.45, 7) is 8.18. The molecule has 0 bridgehead atoms. The van der Waals surface area contributed by atoms with Crippen molar-refractivity contribution in [2.45, 2.75) is 31.7 Å². The Morgan fingerprint density at radius 3 is 2.71 bits per heavy atom. The van der Waals surface area contributed by atoms with E-state index in [-0.39, 0.29) is 11.7 Å². The quantitative estimate of drug-likeness (QED) is 0.190. The summed E-state index contributed by atoms with van der Waals surface area (Å²) in [5, 5.41) is 13.2. The number of halogens is 1. The Hall–Kier alpha value is -3.14. The van der Waals surface area contributed by atoms with Crippen molar-refractivity contribution in [3.05, 3.63) is 83.0 Å². The number of carbonyl (C=O) groups is 1. The average Bonchev–Trinajstić information content (AvgIpc) is 3.42. The second-order valence-corrected chi connectivity index (χ2v) is 10.1. The van der Waals surface area contributed by atoms with Gasteiger partial charge in [-0.25, -0.2) is 4.98 Å². The number of nitrogens with zero attached hydrogens (tertiary/aromatic N) is 4. The fourth-order valence-corrected chi connectivity index (χ4v) is 5.18. The molecule has 0 aliphatic carbocycles. The first-order chi connectivity index (χ1) is 17.0. The summed E-state index contributed by atoms with van der Waals surface area (Å²) in [5.74, 6) is 1.18. The minimum Gasteiger partial charge on any atom is -0.481 e. The molecule has 180 valence electrons. The van der Waals surface area contributed by atoms with E-state index in [4.69, 9.17) is 16.3 Å². The SMILES string of the molecule is C=CCn1c(SCC(=O)Nc2nc(-c3ccccc3)c(C)s2)nnc1C(C)Oc1ccccc1Cl. The van der Waals surface area contributed by atoms with Crippen LogP contribution in [0.2, 0.25) is 5.02 Å². The standard InChI is InChI=1S/C25H24ClN5O2S2/c1-4-14-31-23(16(2)33-20-13-9-8-12-19(20)26)29-30-25(31)34-15-21(32)27-24-28-22(17(3)35-24)18-10-6-5-7-11-18/h4-13,16H,1,14-15H2,2-3H3,(H,27,28,32). The molecule has 0 fully saturated rings. The Labute approximate surface area is 217 Å². The molecule has 1 unspecified atom stereocenters. The molecule has 0 saturated heterocycles. The van der Waals surface area contributed by atoms with Crippen LogP contribution in [0.25, 0.3) is 11.3 Å². The van der Waals surface area contributed by atoms with Crippen molar-refractivity contribution in [1.29, 1.82) is 0 Å². The van der Waals surface area contributed by atoms with Crippen LogP contribution >= 0.6 is 34.7 Å². The van der Waals surface area contributed by atoms with Gasteiger partial charge in [-0.1, -0.05) is 71.9 Å². The number of allylic oxidation sites excluding steroid dienone is 1. The number of para-hydroxylation sites is 1. The number of aryl methyl sites for hydroxylation is 1. The Kier molecular flexibility index (Phi) is 8.22. The van der Waals surface area contributed by atoms with Gasteiger partial charge in [0.1, 0.15) is 5.75 Å². The number of carbonyl (C=O) groups excluding carboxylic acids is 1. The van der Waals surface area contributed by atoms with Crippen LogP contribution in [0, 0.1) is 6.92 Å². The van der Waals surface area contributed by atoms with Crippen LogP contribution in [-0.2, 0) is 11.3 Å². The van der Waals surface area contributed by atoms with Crippen molar-refractivity contribution in [2.24, 2.45) is 0 Å². The van der Waals surface area contributed by atoms with Gasteiger partial charge in [0.25, 0.3) is 0 Å². The number of amides is 1. The Balaban J connectivity index is 1.41. The third-order valence-corrected chi connectivity index (χ3v) is 7.15. The Morgan fingerprint density at radius 2 is 1.97 bits per heavy atom. The summed E-state index contributed by atoms with van der Waals surface area (Å²) in [7, 11) is 0. The van der Waals surface area contributed by atoms with Gasteiger partial charge in [0.05, 0.1) is 16.5 Å². The summed E-state index contributed by atoms with van der Waals surface area (Å²) in [4.78, 5) is 18.3. The number of thioether (sulfide) groups is 1. The van der Waals surface area contributed by atoms with Crippen molar-refractivity contribution < 1.29 is 9.53 Å². The third kappa shape index (κ3) is 6.11. The van der Waals surface area contributed by atoms with Crippen LogP contribution in [0.3, 0.4) is 0 Å². The fraction of sp³-hybridized carbons (Fsp3) is 0.200. The lowest BCUT2D eigenvalue weighted by Gasteiger charge is -2.16. The maximum Gasteiger partial charge on any atom is 0.236 e. The summed E-state index contributed by atoms with van der Waals surface area (Å²) < 4.78 is 7.88. The van der Waals surface area contributed by atoms with Crippen LogP contribution in [0.15, 0.2) is 72.4 Å². The smallest absolute Gasteiger partial charge is 0.236 e. The van der Waals surface area contributed by atoms with Gasteiger partial charge >= 0.3 is 0 Å². The van der Waals surface area contributed by atoms with Crippen molar-refractivity contribution >= 4 is 45.7 Å². The first-order valence-electron chi connectivity index (χ1n) is 10.9. The lowest BCUT2D eigenvalue weighted by molar-refractivity contribution is -0.113. The van der Waals surface area contributed by atoms with Gasteiger partial charge in [0, 0.05) is 17.0 Å². The van der Waals surface area contributed by atoms with E-state index in [1.807, 2.05) is 60.9 Å². The minimum atomic E-state index is -0.403. The number of hydrogen-bond donors (Lipinski definition) is 1. The number of anilines is 1. The highest BCUT2D eigenvalue weighted by atomic mass is 35.5. The third-order valence-electron chi connectivity index (χ3n) is 4.98. The molecule has 4 rings (SSSR count). The molecule has 2 aromatic heterocycles. The van der Waals surface area contributed by atoms with Crippen molar-refractivity contribution in [3.63, 3.8) is 0 Å². The molecule has 0 radical (unpaired) electrons. The van der Waals surface area contributed by atoms with E-state index in [1.54, 1.807) is 18.2 Å². The predicted octanol–water partition coefficient (Wildman–Crippen LogP) is 6.42. The number of rotatable bonds is 10. The molecule has 2 heterocycles. The van der Waals surface area contributed by atoms with Crippen LogP contribution in [0.4, 0.5) is 5.13 Å². The van der Waals surface area contributed by atoms with Gasteiger partial charge in [-0.3, -0.25) is 9.36 Å². The minimum absolute atomic E-state index is 0.161. The van der Waals surface area contributed by atoms with Gasteiger partial charge in [0.2, 0.25) is 5.91 Å². The van der Waals surface area contributed by atoms with E-state index in [0.717, 1.165) is 16.1 Å². The van der Waals surface area contributed by atoms with Crippen LogP contribution in [-0.4, -0.2) is 31.4 Å². The average molecular weight is 526 g/mol. The van der Waals surface area contributed by atoms with E-state index in [1.165, 1.54) is 23.1 Å². The molecule has 0 aliphatic heterocycles. The van der Waals surface area contributed by atoms with Gasteiger partial charge < -0.3 is 10.1 Å². The first-order valence-corrected chi connectivity index (χ1v) is 13.0. The van der Waals surface area contributed by atoms with Gasteiger partial charge in [0.15, 0.2) is 22.2 Å². The highest BCUT2D eigenvalue weighted by Crippen LogP contribution is 2.31. The number of thiazole rings is 1. The molecule has 35 heavy (non-hydrogen) atoms. The maximum atomic E-state index is 12.6. The highest BCUT2D eigenvalue weighted by molar-refractivity contribution is 7.99. The number of benzene rings is 2. The van der Waals surface area contributed by atoms with Gasteiger partial charge in [-0.2, -0.15) is 0 Å². The number of hydrogen-bond acceptors (Lipinski definition) is 7. The van der Waals surface area contributed by atoms with E-state index in [0.29, 0.717) is 33.4 Å². The molecule has 7 nitrogen and oxygen atoms in total. The number of ether oxygens (including phenoxy) is 1. The summed E-state index contributed by atoms with van der Waals surface area (Å²) in [6.07, 6.45) is 1.35. The molecule has 0 spiro atoms. The predicted molar refractivity (Wildman–Crippen MR) is 142 cm³/mol. The van der Waals surface area contributed by atoms with Crippen LogP contribution < -0.4 is 10.1 Å². The summed E-state index contributed by atoms with van der Waals surface area (Å²) >= 11 is 8.97. The molecule has 1 atom stereocenters. The highest BCUT2D eigenvalue weighted by Gasteiger charge is 2.21. The molecule has 1 N–H and O–H groups in total. The molecule has 0 aliphatic rings. The zero-order valence-corrected chi connectivity index (χ0v) is 21.7. The van der Waals surface area contributed by atoms with Crippen molar-refractivity contribution in [3.8, 4) is 17.0 Å². The zero-order valence-electron chi connectivity index (χ0n) is 19.3. The number of nitrogens with one attached hydrogen (secondary N) is 1. The van der Waals surface area contributed by atoms with E-state index >= 15 is 0 Å². The molecule has 0 saturated carbocycles. The molecule has 10 heteroatoms. The zero-order chi connectivity index (χ0) is 24.8. The molecule has 4 aromatic rings. The molecular weight excluding hydrogens is 502 g/mol. The second kappa shape index (κ2) is 11.5. The first kappa shape index (κ1) is 25.0. The molecule has 1 amide bonds. The lowest BCUT2D eigenvalue weighted by atomic mass is 10.1. The Morgan fingerprint density at radius 1 is 1.23 bits per heavy atom.